The molecule has 9 heteroatoms. The van der Waals surface area contributed by atoms with Gasteiger partial charge in [-0.05, 0) is 6.42 Å². The van der Waals surface area contributed by atoms with Crippen molar-refractivity contribution in [3.63, 3.8) is 0 Å². The predicted octanol–water partition coefficient (Wildman–Crippen LogP) is -1.42. The molecule has 0 aliphatic heterocycles. The Kier molecular flexibility index (Phi) is 6.17. The first-order chi connectivity index (χ1) is 6.93. The van der Waals surface area contributed by atoms with Gasteiger partial charge in [-0.1, -0.05) is 19.8 Å². The molecule has 0 amide bonds. The maximum absolute atomic E-state index is 11.4. The van der Waals surface area contributed by atoms with Gasteiger partial charge in [0, 0.05) is 0 Å². The van der Waals surface area contributed by atoms with E-state index in [0.717, 1.165) is 12.8 Å². The maximum Gasteiger partial charge on any atom is 0.229 e. The van der Waals surface area contributed by atoms with Crippen LogP contribution in [0, 0.1) is 5.41 Å². The van der Waals surface area contributed by atoms with Crippen LogP contribution in [0.25, 0.3) is 0 Å². The van der Waals surface area contributed by atoms with E-state index >= 15 is 0 Å². The fraction of sp³-hybridized carbons (Fsp3) is 0.833. The highest BCUT2D eigenvalue weighted by Crippen LogP contribution is 1.97. The van der Waals surface area contributed by atoms with Gasteiger partial charge in [-0.2, -0.15) is 10.7 Å². The average Bonchev–Trinajstić information content (AvgIpc) is 2.14. The zero-order chi connectivity index (χ0) is 11.9. The minimum absolute atomic E-state index is 0.0215. The molecule has 0 heterocycles. The lowest BCUT2D eigenvalue weighted by Crippen LogP contribution is -2.59. The van der Waals surface area contributed by atoms with Gasteiger partial charge in [0.2, 0.25) is 16.0 Å². The molecule has 0 aromatic rings. The number of sulfonamides is 1. The molecule has 0 atom stereocenters. The highest BCUT2D eigenvalue weighted by molar-refractivity contribution is 7.89. The topological polar surface area (TPSA) is 137 Å². The van der Waals surface area contributed by atoms with Crippen molar-refractivity contribution < 1.29 is 8.42 Å². The quantitative estimate of drug-likeness (QED) is 0.121. The average molecular weight is 238 g/mol. The van der Waals surface area contributed by atoms with Gasteiger partial charge in [-0.15, -0.1) is 4.83 Å². The summed E-state index contributed by atoms with van der Waals surface area (Å²) in [5, 5.41) is 7.61. The fourth-order valence-corrected chi connectivity index (χ4v) is 1.98. The first-order valence-corrected chi connectivity index (χ1v) is 6.18. The molecule has 0 fully saturated rings. The summed E-state index contributed by atoms with van der Waals surface area (Å²) in [5.41, 5.74) is 6.99. The van der Waals surface area contributed by atoms with Crippen LogP contribution >= 0.6 is 0 Å². The summed E-state index contributed by atoms with van der Waals surface area (Å²) < 4.78 is 22.8. The summed E-state index contributed by atoms with van der Waals surface area (Å²) >= 11 is 0. The molecule has 8 nitrogen and oxygen atoms in total. The number of hydrazine groups is 3. The molecule has 0 saturated carbocycles. The van der Waals surface area contributed by atoms with E-state index in [1.54, 1.807) is 0 Å². The molecule has 0 aromatic heterocycles. The van der Waals surface area contributed by atoms with Gasteiger partial charge in [0.05, 0.1) is 5.75 Å². The van der Waals surface area contributed by atoms with Crippen LogP contribution in [-0.2, 0) is 10.0 Å². The van der Waals surface area contributed by atoms with Crippen molar-refractivity contribution in [3.8, 4) is 0 Å². The molecule has 15 heavy (non-hydrogen) atoms. The summed E-state index contributed by atoms with van der Waals surface area (Å²) in [6.45, 7) is 1.98. The fourth-order valence-electron chi connectivity index (χ4n) is 0.872. The first-order valence-electron chi connectivity index (χ1n) is 4.53. The Labute approximate surface area is 89.5 Å². The molecule has 0 saturated heterocycles. The minimum Gasteiger partial charge on any atom is -0.368 e. The number of hydrogen-bond donors (Lipinski definition) is 5. The second kappa shape index (κ2) is 6.56. The van der Waals surface area contributed by atoms with Gasteiger partial charge in [0.15, 0.2) is 0 Å². The van der Waals surface area contributed by atoms with Crippen molar-refractivity contribution in [1.29, 1.82) is 5.41 Å². The maximum atomic E-state index is 11.4. The lowest BCUT2D eigenvalue weighted by atomic mass is 10.3. The largest absolute Gasteiger partial charge is 0.368 e. The van der Waals surface area contributed by atoms with Crippen LogP contribution in [0.1, 0.15) is 26.2 Å². The second-order valence-electron chi connectivity index (χ2n) is 2.97. The summed E-state index contributed by atoms with van der Waals surface area (Å²) in [7, 11) is -3.50. The molecule has 0 unspecified atom stereocenters. The zero-order valence-corrected chi connectivity index (χ0v) is 9.47. The van der Waals surface area contributed by atoms with E-state index in [1.807, 2.05) is 17.3 Å². The molecule has 7 N–H and O–H groups in total. The normalized spacial score (nSPS) is 11.3. The lowest BCUT2D eigenvalue weighted by molar-refractivity contribution is 0.273. The number of nitrogens with two attached hydrogens (primary N) is 2. The van der Waals surface area contributed by atoms with Crippen LogP contribution in [0.15, 0.2) is 0 Å². The van der Waals surface area contributed by atoms with E-state index < -0.39 is 16.0 Å². The van der Waals surface area contributed by atoms with Crippen molar-refractivity contribution in [2.75, 3.05) is 5.75 Å². The smallest absolute Gasteiger partial charge is 0.229 e. The molecule has 0 spiro atoms. The first kappa shape index (κ1) is 14.1. The van der Waals surface area contributed by atoms with E-state index in [-0.39, 0.29) is 5.75 Å². The molecular formula is C6H18N6O2S. The molecule has 0 radical (unpaired) electrons. The lowest BCUT2D eigenvalue weighted by Gasteiger charge is -2.20. The molecule has 90 valence electrons. The van der Waals surface area contributed by atoms with E-state index in [9.17, 15) is 8.42 Å². The number of guanidine groups is 1. The third-order valence-electron chi connectivity index (χ3n) is 1.62. The Balaban J connectivity index is 4.17. The number of hydrogen-bond acceptors (Lipinski definition) is 5. The highest BCUT2D eigenvalue weighted by Gasteiger charge is 2.15. The van der Waals surface area contributed by atoms with Crippen LogP contribution in [0.3, 0.4) is 0 Å². The van der Waals surface area contributed by atoms with Gasteiger partial charge in [-0.25, -0.2) is 8.42 Å². The Bertz CT molecular complexity index is 290. The van der Waals surface area contributed by atoms with Gasteiger partial charge in [0.1, 0.15) is 0 Å². The summed E-state index contributed by atoms with van der Waals surface area (Å²) in [4.78, 5) is 2.02. The monoisotopic (exact) mass is 238 g/mol. The standard InChI is InChI=1S/C6H18N6O2S/c1-2-3-4-5-15(13,14)11-12(10-9)6(7)8/h10-11H,2-5,9H2,1H3,(H3,7,8). The van der Waals surface area contributed by atoms with Gasteiger partial charge >= 0.3 is 0 Å². The van der Waals surface area contributed by atoms with E-state index in [2.05, 4.69) is 0 Å². The van der Waals surface area contributed by atoms with Crippen LogP contribution in [-0.4, -0.2) is 25.2 Å². The Morgan fingerprint density at radius 2 is 2.07 bits per heavy atom. The molecular weight excluding hydrogens is 220 g/mol. The van der Waals surface area contributed by atoms with E-state index in [0.29, 0.717) is 11.5 Å². The molecule has 0 aliphatic rings. The Morgan fingerprint density at radius 3 is 2.47 bits per heavy atom. The summed E-state index contributed by atoms with van der Waals surface area (Å²) in [5.74, 6) is 4.41. The zero-order valence-electron chi connectivity index (χ0n) is 8.66. The molecule has 0 aromatic carbocycles. The summed E-state index contributed by atoms with van der Waals surface area (Å²) in [6.07, 6.45) is 2.32. The van der Waals surface area contributed by atoms with Crippen molar-refractivity contribution in [3.05, 3.63) is 0 Å². The number of rotatable bonds is 7. The number of nitrogens with zero attached hydrogens (tertiary/aromatic N) is 1. The van der Waals surface area contributed by atoms with Crippen LogP contribution in [0.2, 0.25) is 0 Å². The van der Waals surface area contributed by atoms with Gasteiger partial charge < -0.3 is 5.73 Å². The van der Waals surface area contributed by atoms with Crippen molar-refractivity contribution in [2.24, 2.45) is 11.6 Å². The van der Waals surface area contributed by atoms with Crippen molar-refractivity contribution >= 4 is 16.0 Å². The van der Waals surface area contributed by atoms with E-state index in [4.69, 9.17) is 17.0 Å². The van der Waals surface area contributed by atoms with Gasteiger partial charge in [0.25, 0.3) is 0 Å². The molecule has 0 bridgehead atoms. The predicted molar refractivity (Wildman–Crippen MR) is 57.5 cm³/mol. The number of unbranched alkanes of at least 4 members (excludes halogenated alkanes) is 2. The molecule has 0 aliphatic carbocycles. The third-order valence-corrected chi connectivity index (χ3v) is 2.90. The molecule has 0 rings (SSSR count). The van der Waals surface area contributed by atoms with E-state index in [1.165, 1.54) is 0 Å². The SMILES string of the molecule is CCCCCS(=O)(=O)NN(NN)C(=N)N. The Morgan fingerprint density at radius 1 is 1.47 bits per heavy atom. The van der Waals surface area contributed by atoms with Crippen LogP contribution in [0.5, 0.6) is 0 Å². The van der Waals surface area contributed by atoms with Crippen molar-refractivity contribution in [1.82, 2.24) is 15.5 Å². The van der Waals surface area contributed by atoms with Crippen LogP contribution in [0.4, 0.5) is 0 Å². The number of nitrogens with one attached hydrogen (secondary N) is 3. The highest BCUT2D eigenvalue weighted by atomic mass is 32.2. The summed E-state index contributed by atoms with van der Waals surface area (Å²) in [6, 6.07) is 0. The Hall–Kier alpha value is -0.900. The second-order valence-corrected chi connectivity index (χ2v) is 4.79. The van der Waals surface area contributed by atoms with Crippen LogP contribution < -0.4 is 21.9 Å². The minimum atomic E-state index is -3.50. The third kappa shape index (κ3) is 6.23. The van der Waals surface area contributed by atoms with Gasteiger partial charge in [-0.3, -0.25) is 11.3 Å². The van der Waals surface area contributed by atoms with Crippen molar-refractivity contribution in [2.45, 2.75) is 26.2 Å².